The summed E-state index contributed by atoms with van der Waals surface area (Å²) in [5.41, 5.74) is 6.40. The Bertz CT molecular complexity index is 506. The molecule has 5 heteroatoms. The highest BCUT2D eigenvalue weighted by molar-refractivity contribution is 7.99. The van der Waals surface area contributed by atoms with Crippen molar-refractivity contribution in [1.82, 2.24) is 4.98 Å². The van der Waals surface area contributed by atoms with Crippen molar-refractivity contribution in [3.8, 4) is 12.1 Å². The minimum Gasteiger partial charge on any atom is -0.383 e. The number of nitrogens with two attached hydrogens (primary N) is 1. The van der Waals surface area contributed by atoms with Crippen LogP contribution in [-0.2, 0) is 0 Å². The summed E-state index contributed by atoms with van der Waals surface area (Å²) < 4.78 is 0. The molecule has 17 heavy (non-hydrogen) atoms. The Morgan fingerprint density at radius 1 is 1.24 bits per heavy atom. The predicted octanol–water partition coefficient (Wildman–Crippen LogP) is 2.44. The van der Waals surface area contributed by atoms with E-state index in [1.54, 1.807) is 11.8 Å². The van der Waals surface area contributed by atoms with Gasteiger partial charge in [-0.15, -0.1) is 11.8 Å². The first kappa shape index (κ1) is 11.8. The van der Waals surface area contributed by atoms with Crippen LogP contribution in [0.5, 0.6) is 0 Å². The van der Waals surface area contributed by atoms with Crippen LogP contribution in [0, 0.1) is 22.7 Å². The van der Waals surface area contributed by atoms with Crippen LogP contribution < -0.4 is 5.73 Å². The van der Waals surface area contributed by atoms with E-state index in [0.717, 1.165) is 12.8 Å². The predicted molar refractivity (Wildman–Crippen MR) is 66.2 cm³/mol. The van der Waals surface area contributed by atoms with E-state index in [1.807, 2.05) is 6.07 Å². The molecule has 0 spiro atoms. The lowest BCUT2D eigenvalue weighted by Crippen LogP contribution is -2.02. The normalized spacial score (nSPS) is 15.4. The lowest BCUT2D eigenvalue weighted by molar-refractivity contribution is 0.886. The molecular weight excluding hydrogens is 232 g/mol. The van der Waals surface area contributed by atoms with Crippen LogP contribution >= 0.6 is 11.8 Å². The van der Waals surface area contributed by atoms with Gasteiger partial charge in [-0.05, 0) is 18.9 Å². The van der Waals surface area contributed by atoms with Gasteiger partial charge in [0, 0.05) is 5.25 Å². The SMILES string of the molecule is N#Cc1cc(C#N)c(SC2CCCC2)nc1N. The third-order valence-electron chi connectivity index (χ3n) is 2.84. The van der Waals surface area contributed by atoms with Gasteiger partial charge in [0.25, 0.3) is 0 Å². The average molecular weight is 244 g/mol. The number of anilines is 1. The number of nitrogen functional groups attached to an aromatic ring is 1. The van der Waals surface area contributed by atoms with Crippen LogP contribution in [0.3, 0.4) is 0 Å². The molecule has 1 saturated carbocycles. The smallest absolute Gasteiger partial charge is 0.142 e. The second kappa shape index (κ2) is 5.07. The quantitative estimate of drug-likeness (QED) is 0.863. The fourth-order valence-corrected chi connectivity index (χ4v) is 3.20. The largest absolute Gasteiger partial charge is 0.383 e. The average Bonchev–Trinajstić information content (AvgIpc) is 2.82. The second-order valence-corrected chi connectivity index (χ2v) is 5.31. The summed E-state index contributed by atoms with van der Waals surface area (Å²) in [7, 11) is 0. The van der Waals surface area contributed by atoms with Gasteiger partial charge in [0.15, 0.2) is 0 Å². The van der Waals surface area contributed by atoms with Crippen molar-refractivity contribution < 1.29 is 0 Å². The Kier molecular flexibility index (Phi) is 3.51. The number of hydrogen-bond acceptors (Lipinski definition) is 5. The van der Waals surface area contributed by atoms with E-state index in [0.29, 0.717) is 15.8 Å². The topological polar surface area (TPSA) is 86.5 Å². The molecule has 0 saturated heterocycles. The molecule has 2 N–H and O–H groups in total. The van der Waals surface area contributed by atoms with Gasteiger partial charge in [-0.2, -0.15) is 10.5 Å². The molecule has 0 atom stereocenters. The summed E-state index contributed by atoms with van der Waals surface area (Å²) in [6.07, 6.45) is 4.81. The Balaban J connectivity index is 2.30. The molecule has 0 aliphatic heterocycles. The Morgan fingerprint density at radius 2 is 1.88 bits per heavy atom. The van der Waals surface area contributed by atoms with Crippen LogP contribution in [0.25, 0.3) is 0 Å². The summed E-state index contributed by atoms with van der Waals surface area (Å²) in [5.74, 6) is 0.215. The third kappa shape index (κ3) is 2.51. The maximum absolute atomic E-state index is 9.05. The van der Waals surface area contributed by atoms with Gasteiger partial charge in [0.05, 0.1) is 11.1 Å². The molecule has 2 rings (SSSR count). The van der Waals surface area contributed by atoms with Gasteiger partial charge in [0.2, 0.25) is 0 Å². The molecule has 1 aromatic rings. The van der Waals surface area contributed by atoms with Crippen LogP contribution in [0.2, 0.25) is 0 Å². The first-order chi connectivity index (χ1) is 8.24. The molecule has 1 heterocycles. The highest BCUT2D eigenvalue weighted by Gasteiger charge is 2.19. The number of nitriles is 2. The monoisotopic (exact) mass is 244 g/mol. The fourth-order valence-electron chi connectivity index (χ4n) is 1.93. The van der Waals surface area contributed by atoms with Crippen LogP contribution in [0.15, 0.2) is 11.1 Å². The van der Waals surface area contributed by atoms with E-state index in [-0.39, 0.29) is 11.4 Å². The zero-order valence-electron chi connectivity index (χ0n) is 9.31. The maximum Gasteiger partial charge on any atom is 0.142 e. The van der Waals surface area contributed by atoms with Crippen LogP contribution in [0.1, 0.15) is 36.8 Å². The second-order valence-electron chi connectivity index (χ2n) is 4.02. The van der Waals surface area contributed by atoms with Crippen molar-refractivity contribution in [2.24, 2.45) is 0 Å². The number of nitrogens with zero attached hydrogens (tertiary/aromatic N) is 3. The van der Waals surface area contributed by atoms with Crippen molar-refractivity contribution >= 4 is 17.6 Å². The number of aromatic nitrogens is 1. The zero-order chi connectivity index (χ0) is 12.3. The summed E-state index contributed by atoms with van der Waals surface area (Å²) in [6.45, 7) is 0. The molecule has 1 aromatic heterocycles. The fraction of sp³-hybridized carbons (Fsp3) is 0.417. The highest BCUT2D eigenvalue weighted by Crippen LogP contribution is 2.35. The minimum absolute atomic E-state index is 0.215. The van der Waals surface area contributed by atoms with Gasteiger partial charge in [0.1, 0.15) is 23.0 Å². The number of rotatable bonds is 2. The van der Waals surface area contributed by atoms with Crippen molar-refractivity contribution in [2.75, 3.05) is 5.73 Å². The van der Waals surface area contributed by atoms with Crippen molar-refractivity contribution in [3.05, 3.63) is 17.2 Å². The molecule has 0 bridgehead atoms. The molecule has 0 unspecified atom stereocenters. The van der Waals surface area contributed by atoms with E-state index in [4.69, 9.17) is 16.3 Å². The number of thioether (sulfide) groups is 1. The molecule has 0 amide bonds. The van der Waals surface area contributed by atoms with E-state index < -0.39 is 0 Å². The molecular formula is C12H12N4S. The summed E-state index contributed by atoms with van der Waals surface area (Å²) in [5, 5.41) is 19.1. The zero-order valence-corrected chi connectivity index (χ0v) is 10.1. The lowest BCUT2D eigenvalue weighted by atomic mass is 10.2. The maximum atomic E-state index is 9.05. The number of pyridine rings is 1. The van der Waals surface area contributed by atoms with Gasteiger partial charge >= 0.3 is 0 Å². The summed E-state index contributed by atoms with van der Waals surface area (Å²) >= 11 is 1.61. The Morgan fingerprint density at radius 3 is 2.47 bits per heavy atom. The molecule has 4 nitrogen and oxygen atoms in total. The van der Waals surface area contributed by atoms with E-state index in [2.05, 4.69) is 11.1 Å². The number of hydrogen-bond donors (Lipinski definition) is 1. The van der Waals surface area contributed by atoms with Crippen LogP contribution in [-0.4, -0.2) is 10.2 Å². The first-order valence-corrected chi connectivity index (χ1v) is 6.40. The highest BCUT2D eigenvalue weighted by atomic mass is 32.2. The first-order valence-electron chi connectivity index (χ1n) is 5.52. The van der Waals surface area contributed by atoms with Crippen molar-refractivity contribution in [3.63, 3.8) is 0 Å². The van der Waals surface area contributed by atoms with Gasteiger partial charge in [-0.25, -0.2) is 4.98 Å². The van der Waals surface area contributed by atoms with Gasteiger partial charge in [-0.3, -0.25) is 0 Å². The lowest BCUT2D eigenvalue weighted by Gasteiger charge is -2.10. The van der Waals surface area contributed by atoms with Gasteiger partial charge < -0.3 is 5.73 Å². The molecule has 1 aliphatic carbocycles. The molecule has 1 aliphatic rings. The molecule has 86 valence electrons. The summed E-state index contributed by atoms with van der Waals surface area (Å²) in [4.78, 5) is 4.17. The van der Waals surface area contributed by atoms with E-state index in [1.165, 1.54) is 18.9 Å². The summed E-state index contributed by atoms with van der Waals surface area (Å²) in [6, 6.07) is 5.55. The van der Waals surface area contributed by atoms with E-state index in [9.17, 15) is 0 Å². The van der Waals surface area contributed by atoms with Crippen LogP contribution in [0.4, 0.5) is 5.82 Å². The van der Waals surface area contributed by atoms with Crippen molar-refractivity contribution in [2.45, 2.75) is 36.0 Å². The molecule has 1 fully saturated rings. The third-order valence-corrected chi connectivity index (χ3v) is 4.18. The van der Waals surface area contributed by atoms with Crippen molar-refractivity contribution in [1.29, 1.82) is 10.5 Å². The molecule has 0 aromatic carbocycles. The van der Waals surface area contributed by atoms with Gasteiger partial charge in [-0.1, -0.05) is 12.8 Å². The Labute approximate surface area is 104 Å². The minimum atomic E-state index is 0.215. The standard InChI is InChI=1S/C12H12N4S/c13-6-8-5-9(7-14)12(16-11(8)15)17-10-3-1-2-4-10/h5,10H,1-4H2,(H2,15,16). The molecule has 0 radical (unpaired) electrons. The Hall–Kier alpha value is -1.72. The van der Waals surface area contributed by atoms with E-state index >= 15 is 0 Å².